The van der Waals surface area contributed by atoms with Gasteiger partial charge in [0.05, 0.1) is 18.8 Å². The Balaban J connectivity index is 1.57. The van der Waals surface area contributed by atoms with Crippen molar-refractivity contribution in [1.29, 1.82) is 0 Å². The van der Waals surface area contributed by atoms with Crippen LogP contribution in [0.5, 0.6) is 5.75 Å². The van der Waals surface area contributed by atoms with E-state index >= 15 is 0 Å². The largest absolute Gasteiger partial charge is 0.492 e. The molecule has 0 radical (unpaired) electrons. The molecule has 3 heterocycles. The Morgan fingerprint density at radius 2 is 2.36 bits per heavy atom. The Bertz CT molecular complexity index is 671. The molecule has 7 nitrogen and oxygen atoms in total. The lowest BCUT2D eigenvalue weighted by Gasteiger charge is -2.35. The van der Waals surface area contributed by atoms with Crippen LogP contribution in [0.15, 0.2) is 30.6 Å². The fraction of sp³-hybridized carbons (Fsp3) is 0.500. The Hall–Kier alpha value is -2.41. The molecule has 1 fully saturated rings. The zero-order valence-corrected chi connectivity index (χ0v) is 14.7. The highest BCUT2D eigenvalue weighted by molar-refractivity contribution is 5.93. The van der Waals surface area contributed by atoms with Crippen LogP contribution in [0, 0.1) is 0 Å². The maximum absolute atomic E-state index is 12.6. The minimum absolute atomic E-state index is 0.0399. The fourth-order valence-corrected chi connectivity index (χ4v) is 3.21. The highest BCUT2D eigenvalue weighted by Crippen LogP contribution is 2.26. The van der Waals surface area contributed by atoms with Gasteiger partial charge in [-0.1, -0.05) is 0 Å². The molecule has 134 valence electrons. The second kappa shape index (κ2) is 8.11. The van der Waals surface area contributed by atoms with E-state index in [1.54, 1.807) is 18.5 Å². The third-order valence-electron chi connectivity index (χ3n) is 4.64. The predicted octanol–water partition coefficient (Wildman–Crippen LogP) is 2.41. The standard InChI is InChI=1S/C18H25N5O2/c1-3-25-15-6-7-17(19-11-15)21-18(24)13(2)23-10-4-5-14(12-23)16-8-9-20-22-16/h6-9,11,13-14H,3-5,10,12H2,1-2H3,(H,20,22)(H,19,21,24)/t13-,14?/m0/s1. The van der Waals surface area contributed by atoms with Gasteiger partial charge in [0.1, 0.15) is 11.6 Å². The third-order valence-corrected chi connectivity index (χ3v) is 4.64. The average Bonchev–Trinajstić information content (AvgIpc) is 3.18. The van der Waals surface area contributed by atoms with E-state index in [2.05, 4.69) is 25.4 Å². The number of ether oxygens (including phenoxy) is 1. The summed E-state index contributed by atoms with van der Waals surface area (Å²) in [4.78, 5) is 19.0. The van der Waals surface area contributed by atoms with Gasteiger partial charge in [0, 0.05) is 24.4 Å². The van der Waals surface area contributed by atoms with Crippen LogP contribution >= 0.6 is 0 Å². The number of piperidine rings is 1. The maximum Gasteiger partial charge on any atom is 0.242 e. The molecule has 1 amide bonds. The molecular weight excluding hydrogens is 318 g/mol. The topological polar surface area (TPSA) is 83.1 Å². The molecule has 2 atom stereocenters. The van der Waals surface area contributed by atoms with Crippen LogP contribution in [0.2, 0.25) is 0 Å². The van der Waals surface area contributed by atoms with Crippen molar-refractivity contribution in [3.63, 3.8) is 0 Å². The summed E-state index contributed by atoms with van der Waals surface area (Å²) in [5, 5.41) is 9.98. The van der Waals surface area contributed by atoms with Crippen molar-refractivity contribution in [3.8, 4) is 5.75 Å². The molecule has 7 heteroatoms. The zero-order valence-electron chi connectivity index (χ0n) is 14.7. The van der Waals surface area contributed by atoms with Crippen molar-refractivity contribution in [3.05, 3.63) is 36.3 Å². The summed E-state index contributed by atoms with van der Waals surface area (Å²) in [7, 11) is 0. The van der Waals surface area contributed by atoms with Crippen molar-refractivity contribution in [1.82, 2.24) is 20.1 Å². The highest BCUT2D eigenvalue weighted by Gasteiger charge is 2.28. The zero-order chi connectivity index (χ0) is 17.6. The van der Waals surface area contributed by atoms with Crippen molar-refractivity contribution < 1.29 is 9.53 Å². The number of nitrogens with zero attached hydrogens (tertiary/aromatic N) is 3. The Morgan fingerprint density at radius 1 is 1.48 bits per heavy atom. The summed E-state index contributed by atoms with van der Waals surface area (Å²) in [6.07, 6.45) is 5.59. The van der Waals surface area contributed by atoms with Crippen molar-refractivity contribution in [2.75, 3.05) is 25.0 Å². The van der Waals surface area contributed by atoms with E-state index in [4.69, 9.17) is 4.74 Å². The highest BCUT2D eigenvalue weighted by atomic mass is 16.5. The number of aromatic nitrogens is 3. The lowest BCUT2D eigenvalue weighted by Crippen LogP contribution is -2.46. The second-order valence-electron chi connectivity index (χ2n) is 6.32. The van der Waals surface area contributed by atoms with Gasteiger partial charge in [-0.25, -0.2) is 4.98 Å². The van der Waals surface area contributed by atoms with E-state index < -0.39 is 0 Å². The normalized spacial score (nSPS) is 19.4. The second-order valence-corrected chi connectivity index (χ2v) is 6.32. The minimum atomic E-state index is -0.209. The number of likely N-dealkylation sites (tertiary alicyclic amines) is 1. The van der Waals surface area contributed by atoms with Gasteiger partial charge in [0.25, 0.3) is 0 Å². The Kier molecular flexibility index (Phi) is 5.65. The number of carbonyl (C=O) groups is 1. The number of amides is 1. The molecule has 1 aliphatic rings. The molecule has 3 rings (SSSR count). The molecule has 0 aliphatic carbocycles. The summed E-state index contributed by atoms with van der Waals surface area (Å²) >= 11 is 0. The molecule has 1 saturated heterocycles. The summed E-state index contributed by atoms with van der Waals surface area (Å²) in [5.41, 5.74) is 1.14. The smallest absolute Gasteiger partial charge is 0.242 e. The first-order chi connectivity index (χ1) is 12.2. The quantitative estimate of drug-likeness (QED) is 0.841. The van der Waals surface area contributed by atoms with E-state index in [0.29, 0.717) is 24.1 Å². The molecule has 2 aromatic rings. The van der Waals surface area contributed by atoms with E-state index in [0.717, 1.165) is 31.6 Å². The minimum Gasteiger partial charge on any atom is -0.492 e. The number of pyridine rings is 1. The fourth-order valence-electron chi connectivity index (χ4n) is 3.21. The number of rotatable bonds is 6. The lowest BCUT2D eigenvalue weighted by molar-refractivity contribution is -0.121. The number of nitrogens with one attached hydrogen (secondary N) is 2. The van der Waals surface area contributed by atoms with E-state index in [1.807, 2.05) is 26.0 Å². The Labute approximate surface area is 147 Å². The van der Waals surface area contributed by atoms with Crippen LogP contribution in [0.3, 0.4) is 0 Å². The SMILES string of the molecule is CCOc1ccc(NC(=O)[C@H](C)N2CCCC(c3ccn[nH]3)C2)nc1. The molecule has 2 aromatic heterocycles. The number of H-pyrrole nitrogens is 1. The number of carbonyl (C=O) groups excluding carboxylic acids is 1. The van der Waals surface area contributed by atoms with Gasteiger partial charge < -0.3 is 10.1 Å². The summed E-state index contributed by atoms with van der Waals surface area (Å²) in [6.45, 7) is 6.24. The molecule has 25 heavy (non-hydrogen) atoms. The van der Waals surface area contributed by atoms with Gasteiger partial charge in [-0.05, 0) is 51.4 Å². The predicted molar refractivity (Wildman–Crippen MR) is 95.6 cm³/mol. The average molecular weight is 343 g/mol. The summed E-state index contributed by atoms with van der Waals surface area (Å²) in [6, 6.07) is 5.38. The maximum atomic E-state index is 12.6. The van der Waals surface area contributed by atoms with Gasteiger partial charge in [-0.2, -0.15) is 5.10 Å². The molecule has 0 bridgehead atoms. The number of aromatic amines is 1. The van der Waals surface area contributed by atoms with Crippen LogP contribution in [0.4, 0.5) is 5.82 Å². The van der Waals surface area contributed by atoms with Crippen molar-refractivity contribution in [2.45, 2.75) is 38.6 Å². The first kappa shape index (κ1) is 17.4. The monoisotopic (exact) mass is 343 g/mol. The first-order valence-corrected chi connectivity index (χ1v) is 8.80. The lowest BCUT2D eigenvalue weighted by atomic mass is 9.94. The third kappa shape index (κ3) is 4.36. The number of hydrogen-bond donors (Lipinski definition) is 2. The molecule has 2 N–H and O–H groups in total. The van der Waals surface area contributed by atoms with Gasteiger partial charge in [0.2, 0.25) is 5.91 Å². The Morgan fingerprint density at radius 3 is 3.04 bits per heavy atom. The summed E-state index contributed by atoms with van der Waals surface area (Å²) in [5.74, 6) is 1.60. The molecule has 0 aromatic carbocycles. The van der Waals surface area contributed by atoms with Crippen LogP contribution in [-0.2, 0) is 4.79 Å². The van der Waals surface area contributed by atoms with Gasteiger partial charge in [-0.15, -0.1) is 0 Å². The van der Waals surface area contributed by atoms with Crippen LogP contribution < -0.4 is 10.1 Å². The van der Waals surface area contributed by atoms with Crippen molar-refractivity contribution in [2.24, 2.45) is 0 Å². The molecule has 0 saturated carbocycles. The van der Waals surface area contributed by atoms with Crippen molar-refractivity contribution >= 4 is 11.7 Å². The first-order valence-electron chi connectivity index (χ1n) is 8.80. The van der Waals surface area contributed by atoms with Gasteiger partial charge in [0.15, 0.2) is 0 Å². The van der Waals surface area contributed by atoms with Gasteiger partial charge in [-0.3, -0.25) is 14.8 Å². The molecule has 1 aliphatic heterocycles. The van der Waals surface area contributed by atoms with Crippen LogP contribution in [-0.4, -0.2) is 51.7 Å². The molecule has 1 unspecified atom stereocenters. The van der Waals surface area contributed by atoms with E-state index in [1.165, 1.54) is 0 Å². The number of hydrogen-bond acceptors (Lipinski definition) is 5. The van der Waals surface area contributed by atoms with Crippen LogP contribution in [0.1, 0.15) is 38.3 Å². The number of anilines is 1. The van der Waals surface area contributed by atoms with Crippen LogP contribution in [0.25, 0.3) is 0 Å². The summed E-state index contributed by atoms with van der Waals surface area (Å²) < 4.78 is 5.36. The van der Waals surface area contributed by atoms with E-state index in [9.17, 15) is 4.79 Å². The van der Waals surface area contributed by atoms with Gasteiger partial charge >= 0.3 is 0 Å². The molecular formula is C18H25N5O2. The molecule has 0 spiro atoms. The van der Waals surface area contributed by atoms with E-state index in [-0.39, 0.29) is 11.9 Å².